The summed E-state index contributed by atoms with van der Waals surface area (Å²) in [6.45, 7) is 5.67. The van der Waals surface area contributed by atoms with Crippen LogP contribution >= 0.6 is 0 Å². The SMILES string of the molecule is Cc1cccc(OCCCC(=O)N2C[C@@H]3C[C@@H]3c3c(-c4cnn(Cc5cccc(C(=O)N[C@@H](CCS(C)(=O)=O)C(=O)O)c5)c4)cccc32)c1C. The Bertz CT molecular complexity index is 2040. The van der Waals surface area contributed by atoms with Crippen LogP contribution in [0, 0.1) is 19.8 Å². The van der Waals surface area contributed by atoms with Gasteiger partial charge in [0, 0.05) is 42.2 Å². The van der Waals surface area contributed by atoms with E-state index in [1.165, 1.54) is 11.1 Å². The molecule has 11 nitrogen and oxygen atoms in total. The second-order valence-electron chi connectivity index (χ2n) is 13.4. The van der Waals surface area contributed by atoms with E-state index in [9.17, 15) is 27.9 Å². The van der Waals surface area contributed by atoms with Gasteiger partial charge in [-0.3, -0.25) is 14.3 Å². The highest BCUT2D eigenvalue weighted by Gasteiger charge is 2.47. The lowest BCUT2D eigenvalue weighted by Crippen LogP contribution is -2.41. The first-order chi connectivity index (χ1) is 23.9. The van der Waals surface area contributed by atoms with E-state index in [2.05, 4.69) is 29.5 Å². The average molecular weight is 699 g/mol. The molecule has 0 unspecified atom stereocenters. The molecule has 1 aromatic heterocycles. The summed E-state index contributed by atoms with van der Waals surface area (Å²) in [6, 6.07) is 17.6. The first-order valence-electron chi connectivity index (χ1n) is 16.8. The number of carboxylic acids is 1. The molecule has 1 aliphatic carbocycles. The smallest absolute Gasteiger partial charge is 0.326 e. The van der Waals surface area contributed by atoms with Gasteiger partial charge >= 0.3 is 5.97 Å². The van der Waals surface area contributed by atoms with Crippen LogP contribution in [-0.4, -0.2) is 72.3 Å². The zero-order chi connectivity index (χ0) is 35.6. The highest BCUT2D eigenvalue weighted by Crippen LogP contribution is 2.57. The molecule has 2 aliphatic rings. The summed E-state index contributed by atoms with van der Waals surface area (Å²) in [6.07, 6.45) is 6.64. The number of rotatable bonds is 14. The van der Waals surface area contributed by atoms with E-state index < -0.39 is 27.8 Å². The fourth-order valence-electron chi connectivity index (χ4n) is 6.64. The quantitative estimate of drug-likeness (QED) is 0.172. The van der Waals surface area contributed by atoms with E-state index in [0.717, 1.165) is 52.9 Å². The van der Waals surface area contributed by atoms with Crippen LogP contribution < -0.4 is 15.0 Å². The molecule has 2 heterocycles. The normalized spacial score (nSPS) is 17.0. The number of carboxylic acid groups (broad SMARTS) is 1. The van der Waals surface area contributed by atoms with E-state index in [1.807, 2.05) is 54.5 Å². The standard InChI is InChI=1S/C38H42N4O7S/c1-24-8-4-13-34(25(24)2)49-16-7-14-35(43)42-23-28-19-31(28)36-30(11-6-12-33(36)42)29-20-39-41(22-29)21-26-9-5-10-27(18-26)37(44)40-32(38(45)46)15-17-50(3,47)48/h4-6,8-13,18,20,22,28,31-32H,7,14-17,19,21,23H2,1-3H3,(H,40,44)(H,45,46)/t28-,31-,32-/m0/s1. The molecule has 0 saturated heterocycles. The second kappa shape index (κ2) is 14.5. The van der Waals surface area contributed by atoms with Gasteiger partial charge in [-0.1, -0.05) is 36.4 Å². The molecule has 1 saturated carbocycles. The number of aryl methyl sites for hydroxylation is 1. The van der Waals surface area contributed by atoms with Gasteiger partial charge in [-0.25, -0.2) is 13.2 Å². The van der Waals surface area contributed by atoms with Crippen molar-refractivity contribution in [1.29, 1.82) is 0 Å². The number of hydrogen-bond donors (Lipinski definition) is 2. The van der Waals surface area contributed by atoms with Crippen LogP contribution in [0.15, 0.2) is 73.1 Å². The van der Waals surface area contributed by atoms with E-state index in [4.69, 9.17) is 4.74 Å². The van der Waals surface area contributed by atoms with Crippen molar-refractivity contribution >= 4 is 33.3 Å². The predicted molar refractivity (Wildman–Crippen MR) is 190 cm³/mol. The van der Waals surface area contributed by atoms with Crippen molar-refractivity contribution in [2.45, 2.75) is 58.0 Å². The molecule has 0 radical (unpaired) electrons. The van der Waals surface area contributed by atoms with Crippen molar-refractivity contribution in [3.63, 3.8) is 0 Å². The van der Waals surface area contributed by atoms with Crippen LogP contribution in [0.3, 0.4) is 0 Å². The van der Waals surface area contributed by atoms with Crippen molar-refractivity contribution in [3.8, 4) is 16.9 Å². The summed E-state index contributed by atoms with van der Waals surface area (Å²) >= 11 is 0. The van der Waals surface area contributed by atoms with Gasteiger partial charge in [0.1, 0.15) is 21.6 Å². The number of carbonyl (C=O) groups excluding carboxylic acids is 2. The molecule has 12 heteroatoms. The zero-order valence-corrected chi connectivity index (χ0v) is 29.3. The maximum absolute atomic E-state index is 13.5. The van der Waals surface area contributed by atoms with Crippen molar-refractivity contribution in [2.75, 3.05) is 30.1 Å². The fraction of sp³-hybridized carbons (Fsp3) is 0.368. The molecule has 50 heavy (non-hydrogen) atoms. The zero-order valence-electron chi connectivity index (χ0n) is 28.5. The monoisotopic (exact) mass is 698 g/mol. The van der Waals surface area contributed by atoms with Gasteiger partial charge in [-0.05, 0) is 97.0 Å². The van der Waals surface area contributed by atoms with Crippen molar-refractivity contribution in [3.05, 3.63) is 101 Å². The lowest BCUT2D eigenvalue weighted by molar-refractivity contribution is -0.139. The maximum Gasteiger partial charge on any atom is 0.326 e. The third kappa shape index (κ3) is 8.07. The number of carbonyl (C=O) groups is 3. The van der Waals surface area contributed by atoms with Gasteiger partial charge in [0.15, 0.2) is 0 Å². The van der Waals surface area contributed by atoms with Gasteiger partial charge in [0.2, 0.25) is 5.91 Å². The highest BCUT2D eigenvalue weighted by atomic mass is 32.2. The second-order valence-corrected chi connectivity index (χ2v) is 15.7. The highest BCUT2D eigenvalue weighted by molar-refractivity contribution is 7.90. The average Bonchev–Trinajstić information content (AvgIpc) is 3.73. The van der Waals surface area contributed by atoms with Crippen molar-refractivity contribution < 1.29 is 32.6 Å². The molecule has 1 fully saturated rings. The minimum Gasteiger partial charge on any atom is -0.493 e. The molecule has 4 aromatic rings. The Morgan fingerprint density at radius 1 is 1.08 bits per heavy atom. The van der Waals surface area contributed by atoms with Gasteiger partial charge in [-0.2, -0.15) is 5.10 Å². The molecule has 0 bridgehead atoms. The first kappa shape index (κ1) is 34.9. The summed E-state index contributed by atoms with van der Waals surface area (Å²) in [5.41, 5.74) is 7.48. The van der Waals surface area contributed by atoms with Gasteiger partial charge in [0.05, 0.1) is 25.1 Å². The molecule has 1 aliphatic heterocycles. The van der Waals surface area contributed by atoms with Crippen LogP contribution in [0.1, 0.15) is 64.2 Å². The fourth-order valence-corrected chi connectivity index (χ4v) is 7.30. The molecule has 6 rings (SSSR count). The Kier molecular flexibility index (Phi) is 10.1. The van der Waals surface area contributed by atoms with Crippen LogP contribution in [0.2, 0.25) is 0 Å². The van der Waals surface area contributed by atoms with Crippen LogP contribution in [0.5, 0.6) is 5.75 Å². The number of benzene rings is 3. The minimum atomic E-state index is -3.39. The Balaban J connectivity index is 1.11. The lowest BCUT2D eigenvalue weighted by atomic mass is 9.92. The van der Waals surface area contributed by atoms with E-state index in [1.54, 1.807) is 22.9 Å². The van der Waals surface area contributed by atoms with E-state index in [0.29, 0.717) is 37.8 Å². The summed E-state index contributed by atoms with van der Waals surface area (Å²) in [7, 11) is -3.39. The maximum atomic E-state index is 13.5. The molecule has 262 valence electrons. The molecule has 3 atom stereocenters. The molecular formula is C38H42N4O7S. The Morgan fingerprint density at radius 2 is 1.86 bits per heavy atom. The molecule has 2 N–H and O–H groups in total. The summed E-state index contributed by atoms with van der Waals surface area (Å²) in [5.74, 6) is -0.443. The number of aromatic nitrogens is 2. The number of sulfone groups is 1. The lowest BCUT2D eigenvalue weighted by Gasteiger charge is -2.30. The number of anilines is 1. The number of nitrogens with zero attached hydrogens (tertiary/aromatic N) is 3. The predicted octanol–water partition coefficient (Wildman–Crippen LogP) is 5.14. The van der Waals surface area contributed by atoms with Crippen LogP contribution in [0.4, 0.5) is 5.69 Å². The third-order valence-corrected chi connectivity index (χ3v) is 10.6. The van der Waals surface area contributed by atoms with E-state index >= 15 is 0 Å². The third-order valence-electron chi connectivity index (χ3n) is 9.59. The molecule has 2 amide bonds. The Morgan fingerprint density at radius 3 is 2.64 bits per heavy atom. The summed E-state index contributed by atoms with van der Waals surface area (Å²) in [4.78, 5) is 40.0. The summed E-state index contributed by atoms with van der Waals surface area (Å²) < 4.78 is 30.8. The topological polar surface area (TPSA) is 148 Å². The first-order valence-corrected chi connectivity index (χ1v) is 18.9. The number of aliphatic carboxylic acids is 1. The van der Waals surface area contributed by atoms with Crippen LogP contribution in [-0.2, 0) is 26.0 Å². The number of hydrogen-bond acceptors (Lipinski definition) is 7. The molecule has 3 aromatic carbocycles. The van der Waals surface area contributed by atoms with Gasteiger partial charge < -0.3 is 20.1 Å². The van der Waals surface area contributed by atoms with Gasteiger partial charge in [-0.15, -0.1) is 0 Å². The largest absolute Gasteiger partial charge is 0.493 e. The van der Waals surface area contributed by atoms with Crippen LogP contribution in [0.25, 0.3) is 11.1 Å². The number of fused-ring (bicyclic) bond motifs is 3. The van der Waals surface area contributed by atoms with Crippen molar-refractivity contribution in [1.82, 2.24) is 15.1 Å². The Labute approximate surface area is 292 Å². The number of nitrogens with one attached hydrogen (secondary N) is 1. The number of amides is 2. The summed E-state index contributed by atoms with van der Waals surface area (Å²) in [5, 5.41) is 16.5. The molecule has 0 spiro atoms. The number of ether oxygens (including phenoxy) is 1. The van der Waals surface area contributed by atoms with Gasteiger partial charge in [0.25, 0.3) is 5.91 Å². The minimum absolute atomic E-state index is 0.100. The molecular weight excluding hydrogens is 657 g/mol. The Hall–Kier alpha value is -4.97. The van der Waals surface area contributed by atoms with Crippen molar-refractivity contribution in [2.24, 2.45) is 5.92 Å². The van der Waals surface area contributed by atoms with E-state index in [-0.39, 0.29) is 23.6 Å².